The molecule has 0 aliphatic carbocycles. The molecule has 0 saturated carbocycles. The number of aliphatic hydroxyl groups is 1. The maximum absolute atomic E-state index is 13.9. The van der Waals surface area contributed by atoms with Crippen molar-refractivity contribution in [1.29, 1.82) is 0 Å². The summed E-state index contributed by atoms with van der Waals surface area (Å²) in [7, 11) is 1.41. The Morgan fingerprint density at radius 3 is 2.25 bits per heavy atom. The number of aryl methyl sites for hydroxylation is 2. The van der Waals surface area contributed by atoms with Crippen LogP contribution >= 0.6 is 0 Å². The zero-order valence-corrected chi connectivity index (χ0v) is 11.6. The van der Waals surface area contributed by atoms with Crippen LogP contribution < -0.4 is 4.74 Å². The summed E-state index contributed by atoms with van der Waals surface area (Å²) >= 11 is 0. The molecule has 0 spiro atoms. The van der Waals surface area contributed by atoms with Gasteiger partial charge in [0.05, 0.1) is 12.7 Å². The van der Waals surface area contributed by atoms with Crippen molar-refractivity contribution >= 4 is 0 Å². The molecule has 0 saturated heterocycles. The first kappa shape index (κ1) is 14.5. The SMILES string of the molecule is COc1cccc(F)c1C(O)c1cc(C)c(F)c(C)c1. The van der Waals surface area contributed by atoms with Gasteiger partial charge < -0.3 is 9.84 Å². The van der Waals surface area contributed by atoms with Crippen LogP contribution in [0.5, 0.6) is 5.75 Å². The Bertz CT molecular complexity index is 615. The highest BCUT2D eigenvalue weighted by Crippen LogP contribution is 2.33. The Balaban J connectivity index is 2.54. The van der Waals surface area contributed by atoms with Crippen LogP contribution in [0.1, 0.15) is 28.4 Å². The zero-order valence-electron chi connectivity index (χ0n) is 11.6. The summed E-state index contributed by atoms with van der Waals surface area (Å²) in [6.45, 7) is 3.22. The van der Waals surface area contributed by atoms with Crippen LogP contribution in [0.3, 0.4) is 0 Å². The van der Waals surface area contributed by atoms with Crippen LogP contribution in [-0.2, 0) is 0 Å². The third-order valence-electron chi connectivity index (χ3n) is 3.28. The van der Waals surface area contributed by atoms with E-state index in [4.69, 9.17) is 4.74 Å². The van der Waals surface area contributed by atoms with E-state index in [-0.39, 0.29) is 17.1 Å². The van der Waals surface area contributed by atoms with Gasteiger partial charge in [-0.05, 0) is 42.7 Å². The molecule has 2 nitrogen and oxygen atoms in total. The van der Waals surface area contributed by atoms with Gasteiger partial charge in [-0.1, -0.05) is 18.2 Å². The van der Waals surface area contributed by atoms with E-state index in [9.17, 15) is 13.9 Å². The lowest BCUT2D eigenvalue weighted by Gasteiger charge is -2.17. The minimum absolute atomic E-state index is 0.0559. The monoisotopic (exact) mass is 278 g/mol. The van der Waals surface area contributed by atoms with Gasteiger partial charge in [-0.25, -0.2) is 8.78 Å². The van der Waals surface area contributed by atoms with E-state index < -0.39 is 11.9 Å². The van der Waals surface area contributed by atoms with Crippen molar-refractivity contribution in [2.45, 2.75) is 20.0 Å². The smallest absolute Gasteiger partial charge is 0.133 e. The molecule has 2 aromatic carbocycles. The van der Waals surface area contributed by atoms with Crippen molar-refractivity contribution in [3.63, 3.8) is 0 Å². The molecule has 0 fully saturated rings. The summed E-state index contributed by atoms with van der Waals surface area (Å²) in [5.74, 6) is -0.616. The van der Waals surface area contributed by atoms with Gasteiger partial charge in [0.1, 0.15) is 23.5 Å². The Labute approximate surface area is 116 Å². The van der Waals surface area contributed by atoms with Crippen molar-refractivity contribution in [2.75, 3.05) is 7.11 Å². The van der Waals surface area contributed by atoms with E-state index in [1.165, 1.54) is 31.4 Å². The molecule has 0 aromatic heterocycles. The van der Waals surface area contributed by atoms with Gasteiger partial charge in [-0.3, -0.25) is 0 Å². The van der Waals surface area contributed by atoms with E-state index in [0.717, 1.165) is 0 Å². The highest BCUT2D eigenvalue weighted by atomic mass is 19.1. The largest absolute Gasteiger partial charge is 0.496 e. The number of methoxy groups -OCH3 is 1. The van der Waals surface area contributed by atoms with Crippen molar-refractivity contribution in [1.82, 2.24) is 0 Å². The van der Waals surface area contributed by atoms with Crippen LogP contribution in [0.2, 0.25) is 0 Å². The van der Waals surface area contributed by atoms with E-state index >= 15 is 0 Å². The summed E-state index contributed by atoms with van der Waals surface area (Å²) < 4.78 is 32.6. The topological polar surface area (TPSA) is 29.5 Å². The highest BCUT2D eigenvalue weighted by Gasteiger charge is 2.21. The van der Waals surface area contributed by atoms with Crippen LogP contribution in [0, 0.1) is 25.5 Å². The molecule has 0 radical (unpaired) electrons. The molecule has 0 aliphatic rings. The van der Waals surface area contributed by atoms with E-state index in [1.807, 2.05) is 0 Å². The number of ether oxygens (including phenoxy) is 1. The van der Waals surface area contributed by atoms with Gasteiger partial charge in [0.15, 0.2) is 0 Å². The third-order valence-corrected chi connectivity index (χ3v) is 3.28. The molecule has 20 heavy (non-hydrogen) atoms. The second-order valence-electron chi connectivity index (χ2n) is 4.73. The molecule has 0 amide bonds. The predicted octanol–water partition coefficient (Wildman–Crippen LogP) is 3.67. The van der Waals surface area contributed by atoms with Crippen molar-refractivity contribution in [2.24, 2.45) is 0 Å². The summed E-state index contributed by atoms with van der Waals surface area (Å²) in [5.41, 5.74) is 1.31. The summed E-state index contributed by atoms with van der Waals surface area (Å²) in [6.07, 6.45) is -1.20. The summed E-state index contributed by atoms with van der Waals surface area (Å²) in [6, 6.07) is 7.36. The fourth-order valence-corrected chi connectivity index (χ4v) is 2.26. The number of rotatable bonds is 3. The van der Waals surface area contributed by atoms with Crippen LogP contribution in [0.25, 0.3) is 0 Å². The molecular formula is C16H16F2O2. The minimum Gasteiger partial charge on any atom is -0.496 e. The normalized spacial score (nSPS) is 12.3. The molecule has 1 unspecified atom stereocenters. The average Bonchev–Trinajstić information content (AvgIpc) is 2.43. The third kappa shape index (κ3) is 2.51. The lowest BCUT2D eigenvalue weighted by Crippen LogP contribution is -2.06. The molecular weight excluding hydrogens is 262 g/mol. The van der Waals surface area contributed by atoms with Gasteiger partial charge in [0, 0.05) is 0 Å². The lowest BCUT2D eigenvalue weighted by molar-refractivity contribution is 0.208. The van der Waals surface area contributed by atoms with E-state index in [0.29, 0.717) is 16.7 Å². The molecule has 2 rings (SSSR count). The Morgan fingerprint density at radius 1 is 1.10 bits per heavy atom. The summed E-state index contributed by atoms with van der Waals surface area (Å²) in [5, 5.41) is 10.4. The maximum Gasteiger partial charge on any atom is 0.133 e. The Kier molecular flexibility index (Phi) is 4.04. The van der Waals surface area contributed by atoms with Gasteiger partial charge in [0.25, 0.3) is 0 Å². The van der Waals surface area contributed by atoms with Gasteiger partial charge in [-0.15, -0.1) is 0 Å². The van der Waals surface area contributed by atoms with Crippen molar-refractivity contribution in [3.05, 3.63) is 64.2 Å². The number of benzene rings is 2. The predicted molar refractivity (Wildman–Crippen MR) is 72.9 cm³/mol. The highest BCUT2D eigenvalue weighted by molar-refractivity contribution is 5.43. The average molecular weight is 278 g/mol. The Morgan fingerprint density at radius 2 is 1.70 bits per heavy atom. The minimum atomic E-state index is -1.20. The second kappa shape index (κ2) is 5.59. The first-order valence-electron chi connectivity index (χ1n) is 6.22. The van der Waals surface area contributed by atoms with E-state index in [1.54, 1.807) is 19.9 Å². The fraction of sp³-hybridized carbons (Fsp3) is 0.250. The molecule has 1 atom stereocenters. The molecule has 2 aromatic rings. The van der Waals surface area contributed by atoms with Gasteiger partial charge in [-0.2, -0.15) is 0 Å². The number of hydrogen-bond donors (Lipinski definition) is 1. The molecule has 4 heteroatoms. The van der Waals surface area contributed by atoms with Crippen molar-refractivity contribution in [3.8, 4) is 5.75 Å². The number of halogens is 2. The van der Waals surface area contributed by atoms with Crippen LogP contribution in [0.15, 0.2) is 30.3 Å². The van der Waals surface area contributed by atoms with Crippen LogP contribution in [0.4, 0.5) is 8.78 Å². The molecule has 0 aliphatic heterocycles. The second-order valence-corrected chi connectivity index (χ2v) is 4.73. The first-order chi connectivity index (χ1) is 9.45. The quantitative estimate of drug-likeness (QED) is 0.928. The molecule has 1 N–H and O–H groups in total. The molecule has 0 heterocycles. The van der Waals surface area contributed by atoms with E-state index in [2.05, 4.69) is 0 Å². The number of hydrogen-bond acceptors (Lipinski definition) is 2. The van der Waals surface area contributed by atoms with Crippen molar-refractivity contribution < 1.29 is 18.6 Å². The standard InChI is InChI=1S/C16H16F2O2/c1-9-7-11(8-10(2)15(9)18)16(19)14-12(17)5-4-6-13(14)20-3/h4-8,16,19H,1-3H3. The van der Waals surface area contributed by atoms with Crippen LogP contribution in [-0.4, -0.2) is 12.2 Å². The van der Waals surface area contributed by atoms with Gasteiger partial charge >= 0.3 is 0 Å². The molecule has 106 valence electrons. The first-order valence-corrected chi connectivity index (χ1v) is 6.22. The Hall–Kier alpha value is -1.94. The van der Waals surface area contributed by atoms with Gasteiger partial charge in [0.2, 0.25) is 0 Å². The molecule has 0 bridgehead atoms. The zero-order chi connectivity index (χ0) is 14.9. The summed E-state index contributed by atoms with van der Waals surface area (Å²) in [4.78, 5) is 0. The fourth-order valence-electron chi connectivity index (χ4n) is 2.26. The lowest BCUT2D eigenvalue weighted by atomic mass is 9.96. The maximum atomic E-state index is 13.9. The number of aliphatic hydroxyl groups excluding tert-OH is 1.